The molecule has 2 aromatic rings. The second-order valence-electron chi connectivity index (χ2n) is 4.03. The molecule has 1 N–H and O–H groups in total. The Kier molecular flexibility index (Phi) is 3.47. The molecule has 0 atom stereocenters. The van der Waals surface area contributed by atoms with Gasteiger partial charge in [-0.15, -0.1) is 0 Å². The second-order valence-corrected chi connectivity index (χ2v) is 4.03. The second kappa shape index (κ2) is 5.08. The Hall–Kier alpha value is -2.77. The maximum atomic E-state index is 13.4. The summed E-state index contributed by atoms with van der Waals surface area (Å²) in [4.78, 5) is 21.8. The first-order chi connectivity index (χ1) is 9.38. The van der Waals surface area contributed by atoms with Gasteiger partial charge in [0.15, 0.2) is 0 Å². The van der Waals surface area contributed by atoms with E-state index in [2.05, 4.69) is 5.32 Å². The summed E-state index contributed by atoms with van der Waals surface area (Å²) < 4.78 is 27.6. The smallest absolute Gasteiger partial charge is 0.287 e. The Balaban J connectivity index is 2.28. The van der Waals surface area contributed by atoms with Crippen molar-refractivity contribution in [3.8, 4) is 0 Å². The summed E-state index contributed by atoms with van der Waals surface area (Å²) in [7, 11) is 1.43. The maximum absolute atomic E-state index is 13.4. The zero-order chi connectivity index (χ0) is 14.9. The largest absolute Gasteiger partial charge is 0.340 e. The lowest BCUT2D eigenvalue weighted by Gasteiger charge is -2.06. The van der Waals surface area contributed by atoms with Crippen LogP contribution in [0.1, 0.15) is 10.5 Å². The van der Waals surface area contributed by atoms with E-state index in [1.165, 1.54) is 11.6 Å². The molecule has 1 aromatic heterocycles. The van der Waals surface area contributed by atoms with Crippen LogP contribution in [0.3, 0.4) is 0 Å². The first kappa shape index (κ1) is 13.7. The van der Waals surface area contributed by atoms with Gasteiger partial charge in [-0.3, -0.25) is 14.9 Å². The molecule has 0 saturated carbocycles. The van der Waals surface area contributed by atoms with Crippen LogP contribution >= 0.6 is 0 Å². The number of halogens is 2. The number of carbonyl (C=O) groups is 1. The van der Waals surface area contributed by atoms with Gasteiger partial charge in [0.05, 0.1) is 16.8 Å². The molecule has 104 valence electrons. The Morgan fingerprint density at radius 2 is 2.05 bits per heavy atom. The number of aromatic nitrogens is 1. The monoisotopic (exact) mass is 281 g/mol. The van der Waals surface area contributed by atoms with Crippen LogP contribution in [0, 0.1) is 21.7 Å². The fraction of sp³-hybridized carbons (Fsp3) is 0.0833. The van der Waals surface area contributed by atoms with E-state index in [1.54, 1.807) is 0 Å². The van der Waals surface area contributed by atoms with Crippen molar-refractivity contribution < 1.29 is 18.5 Å². The summed E-state index contributed by atoms with van der Waals surface area (Å²) in [6.07, 6.45) is 1.15. The van der Waals surface area contributed by atoms with E-state index < -0.39 is 22.5 Å². The van der Waals surface area contributed by atoms with Crippen LogP contribution in [0.5, 0.6) is 0 Å². The molecule has 8 heteroatoms. The summed E-state index contributed by atoms with van der Waals surface area (Å²) >= 11 is 0. The predicted octanol–water partition coefficient (Wildman–Crippen LogP) is 2.46. The van der Waals surface area contributed by atoms with Crippen LogP contribution < -0.4 is 5.32 Å². The summed E-state index contributed by atoms with van der Waals surface area (Å²) in [5.41, 5.74) is -0.642. The zero-order valence-electron chi connectivity index (χ0n) is 10.3. The Morgan fingerprint density at radius 1 is 1.35 bits per heavy atom. The van der Waals surface area contributed by atoms with Crippen LogP contribution in [0.25, 0.3) is 0 Å². The average molecular weight is 281 g/mol. The highest BCUT2D eigenvalue weighted by atomic mass is 19.1. The molecule has 20 heavy (non-hydrogen) atoms. The molecule has 1 aromatic carbocycles. The number of rotatable bonds is 3. The third-order valence-electron chi connectivity index (χ3n) is 2.61. The number of hydrogen-bond donors (Lipinski definition) is 1. The number of nitro groups is 1. The molecule has 0 bridgehead atoms. The molecule has 1 amide bonds. The van der Waals surface area contributed by atoms with Crippen LogP contribution in [0.4, 0.5) is 20.2 Å². The van der Waals surface area contributed by atoms with Crippen molar-refractivity contribution in [3.63, 3.8) is 0 Å². The molecule has 0 fully saturated rings. The van der Waals surface area contributed by atoms with Gasteiger partial charge in [0.25, 0.3) is 11.6 Å². The lowest BCUT2D eigenvalue weighted by atomic mass is 10.3. The summed E-state index contributed by atoms with van der Waals surface area (Å²) in [5.74, 6) is -2.28. The van der Waals surface area contributed by atoms with Gasteiger partial charge >= 0.3 is 0 Å². The minimum Gasteiger partial charge on any atom is -0.340 e. The summed E-state index contributed by atoms with van der Waals surface area (Å²) in [5, 5.41) is 12.8. The molecule has 0 aliphatic heterocycles. The number of anilines is 1. The van der Waals surface area contributed by atoms with E-state index in [1.807, 2.05) is 0 Å². The third kappa shape index (κ3) is 2.63. The Morgan fingerprint density at radius 3 is 2.65 bits per heavy atom. The Bertz CT molecular complexity index is 697. The lowest BCUT2D eigenvalue weighted by molar-refractivity contribution is -0.384. The van der Waals surface area contributed by atoms with Gasteiger partial charge in [0.2, 0.25) is 0 Å². The highest BCUT2D eigenvalue weighted by Gasteiger charge is 2.18. The minimum atomic E-state index is -0.802. The molecular weight excluding hydrogens is 272 g/mol. The van der Waals surface area contributed by atoms with Gasteiger partial charge in [0.1, 0.15) is 17.3 Å². The summed E-state index contributed by atoms with van der Waals surface area (Å²) in [6.45, 7) is 0. The van der Waals surface area contributed by atoms with Crippen molar-refractivity contribution >= 4 is 17.3 Å². The van der Waals surface area contributed by atoms with Gasteiger partial charge in [-0.2, -0.15) is 0 Å². The van der Waals surface area contributed by atoms with Gasteiger partial charge in [0, 0.05) is 19.2 Å². The number of nitrogens with one attached hydrogen (secondary N) is 1. The summed E-state index contributed by atoms with van der Waals surface area (Å²) in [6, 6.07) is 3.66. The SMILES string of the molecule is Cn1cc([N+](=O)[O-])cc1C(=O)Nc1cc(F)ccc1F. The third-order valence-corrected chi connectivity index (χ3v) is 2.61. The van der Waals surface area contributed by atoms with Crippen LogP contribution in [-0.4, -0.2) is 15.4 Å². The van der Waals surface area contributed by atoms with E-state index in [9.17, 15) is 23.7 Å². The molecule has 0 aliphatic carbocycles. The van der Waals surface area contributed by atoms with E-state index in [0.717, 1.165) is 30.5 Å². The maximum Gasteiger partial charge on any atom is 0.287 e. The van der Waals surface area contributed by atoms with E-state index in [4.69, 9.17) is 0 Å². The molecule has 0 spiro atoms. The Labute approximate surface area is 111 Å². The van der Waals surface area contributed by atoms with E-state index >= 15 is 0 Å². The number of amides is 1. The fourth-order valence-corrected chi connectivity index (χ4v) is 1.65. The van der Waals surface area contributed by atoms with E-state index in [-0.39, 0.29) is 17.1 Å². The zero-order valence-corrected chi connectivity index (χ0v) is 10.3. The van der Waals surface area contributed by atoms with Crippen molar-refractivity contribution in [1.82, 2.24) is 4.57 Å². The first-order valence-corrected chi connectivity index (χ1v) is 5.45. The molecule has 0 radical (unpaired) electrons. The average Bonchev–Trinajstić information content (AvgIpc) is 2.76. The quantitative estimate of drug-likeness (QED) is 0.693. The van der Waals surface area contributed by atoms with Crippen LogP contribution in [0.2, 0.25) is 0 Å². The molecule has 6 nitrogen and oxygen atoms in total. The van der Waals surface area contributed by atoms with Crippen molar-refractivity contribution in [2.45, 2.75) is 0 Å². The van der Waals surface area contributed by atoms with Crippen LogP contribution in [-0.2, 0) is 7.05 Å². The fourth-order valence-electron chi connectivity index (χ4n) is 1.65. The normalized spacial score (nSPS) is 10.3. The van der Waals surface area contributed by atoms with Crippen molar-refractivity contribution in [2.24, 2.45) is 7.05 Å². The highest BCUT2D eigenvalue weighted by molar-refractivity contribution is 6.03. The van der Waals surface area contributed by atoms with Gasteiger partial charge in [-0.1, -0.05) is 0 Å². The standard InChI is InChI=1S/C12H9F2N3O3/c1-16-6-8(17(19)20)5-11(16)12(18)15-10-4-7(13)2-3-9(10)14/h2-6H,1H3,(H,15,18). The van der Waals surface area contributed by atoms with E-state index in [0.29, 0.717) is 0 Å². The first-order valence-electron chi connectivity index (χ1n) is 5.45. The highest BCUT2D eigenvalue weighted by Crippen LogP contribution is 2.19. The van der Waals surface area contributed by atoms with Gasteiger partial charge in [-0.25, -0.2) is 8.78 Å². The number of benzene rings is 1. The van der Waals surface area contributed by atoms with Gasteiger partial charge in [-0.05, 0) is 12.1 Å². The predicted molar refractivity (Wildman–Crippen MR) is 66.4 cm³/mol. The molecular formula is C12H9F2N3O3. The number of carbonyl (C=O) groups excluding carboxylic acids is 1. The molecule has 2 rings (SSSR count). The minimum absolute atomic E-state index is 0.0413. The molecule has 0 unspecified atom stereocenters. The number of aryl methyl sites for hydroxylation is 1. The van der Waals surface area contributed by atoms with Crippen molar-refractivity contribution in [2.75, 3.05) is 5.32 Å². The number of hydrogen-bond acceptors (Lipinski definition) is 3. The lowest BCUT2D eigenvalue weighted by Crippen LogP contribution is -2.16. The molecule has 0 saturated heterocycles. The van der Waals surface area contributed by atoms with Crippen molar-refractivity contribution in [3.05, 3.63) is 57.9 Å². The molecule has 1 heterocycles. The van der Waals surface area contributed by atoms with Crippen molar-refractivity contribution in [1.29, 1.82) is 0 Å². The topological polar surface area (TPSA) is 77.2 Å². The van der Waals surface area contributed by atoms with Crippen LogP contribution in [0.15, 0.2) is 30.5 Å². The number of nitrogens with zero attached hydrogens (tertiary/aromatic N) is 2. The molecule has 0 aliphatic rings. The van der Waals surface area contributed by atoms with Gasteiger partial charge < -0.3 is 9.88 Å².